The van der Waals surface area contributed by atoms with Crippen molar-refractivity contribution < 1.29 is 0 Å². The molecule has 1 fully saturated rings. The molecule has 5 atom stereocenters. The summed E-state index contributed by atoms with van der Waals surface area (Å²) in [7, 11) is 0. The molecule has 2 aliphatic rings. The van der Waals surface area contributed by atoms with Gasteiger partial charge in [0.1, 0.15) is 0 Å². The quantitative estimate of drug-likeness (QED) is 0.566. The van der Waals surface area contributed by atoms with E-state index in [0.29, 0.717) is 6.04 Å². The first-order chi connectivity index (χ1) is 5.66. The summed E-state index contributed by atoms with van der Waals surface area (Å²) in [6, 6.07) is 0.694. The Morgan fingerprint density at radius 1 is 1.25 bits per heavy atom. The third-order valence-corrected chi connectivity index (χ3v) is 4.18. The molecule has 0 N–H and O–H groups in total. The lowest BCUT2D eigenvalue weighted by Gasteiger charge is -2.31. The van der Waals surface area contributed by atoms with Gasteiger partial charge in [0, 0.05) is 11.6 Å². The largest absolute Gasteiger partial charge is 0.290 e. The van der Waals surface area contributed by atoms with Crippen molar-refractivity contribution in [1.29, 1.82) is 0 Å². The molecule has 2 rings (SSSR count). The SMILES string of the molecule is CC[C@@H]1C(C)C(C)[C@@H]2C(C)=NC12. The summed E-state index contributed by atoms with van der Waals surface area (Å²) in [6.45, 7) is 9.30. The molecule has 0 bridgehead atoms. The summed E-state index contributed by atoms with van der Waals surface area (Å²) >= 11 is 0. The highest BCUT2D eigenvalue weighted by molar-refractivity contribution is 5.90. The van der Waals surface area contributed by atoms with Crippen LogP contribution in [-0.2, 0) is 0 Å². The first kappa shape index (κ1) is 8.28. The number of rotatable bonds is 1. The molecule has 0 radical (unpaired) electrons. The van der Waals surface area contributed by atoms with Crippen LogP contribution in [0.15, 0.2) is 4.99 Å². The van der Waals surface area contributed by atoms with E-state index >= 15 is 0 Å². The van der Waals surface area contributed by atoms with Crippen molar-refractivity contribution in [3.8, 4) is 0 Å². The van der Waals surface area contributed by atoms with E-state index < -0.39 is 0 Å². The number of hydrogen-bond donors (Lipinski definition) is 0. The lowest BCUT2D eigenvalue weighted by atomic mass is 9.84. The Balaban J connectivity index is 2.21. The minimum atomic E-state index is 0.694. The van der Waals surface area contributed by atoms with Gasteiger partial charge in [-0.2, -0.15) is 0 Å². The fourth-order valence-electron chi connectivity index (χ4n) is 3.26. The van der Waals surface area contributed by atoms with Gasteiger partial charge in [0.15, 0.2) is 0 Å². The van der Waals surface area contributed by atoms with Crippen molar-refractivity contribution in [2.24, 2.45) is 28.7 Å². The highest BCUT2D eigenvalue weighted by Crippen LogP contribution is 2.49. The summed E-state index contributed by atoms with van der Waals surface area (Å²) < 4.78 is 0. The maximum atomic E-state index is 4.65. The van der Waals surface area contributed by atoms with Crippen molar-refractivity contribution in [2.45, 2.75) is 40.2 Å². The van der Waals surface area contributed by atoms with Gasteiger partial charge in [0.2, 0.25) is 0 Å². The summed E-state index contributed by atoms with van der Waals surface area (Å²) in [5, 5.41) is 0. The zero-order chi connectivity index (χ0) is 8.88. The maximum Gasteiger partial charge on any atom is 0.0612 e. The van der Waals surface area contributed by atoms with Crippen LogP contribution in [0.25, 0.3) is 0 Å². The number of fused-ring (bicyclic) bond motifs is 1. The van der Waals surface area contributed by atoms with Crippen LogP contribution in [-0.4, -0.2) is 11.8 Å². The third-order valence-electron chi connectivity index (χ3n) is 4.18. The molecule has 1 saturated carbocycles. The Morgan fingerprint density at radius 2 is 1.92 bits per heavy atom. The van der Waals surface area contributed by atoms with Crippen LogP contribution in [0.1, 0.15) is 34.1 Å². The first-order valence-corrected chi connectivity index (χ1v) is 5.21. The normalized spacial score (nSPS) is 51.3. The molecular formula is C11H19N. The zero-order valence-corrected chi connectivity index (χ0v) is 8.54. The van der Waals surface area contributed by atoms with Gasteiger partial charge in [-0.15, -0.1) is 0 Å². The van der Waals surface area contributed by atoms with Gasteiger partial charge in [-0.3, -0.25) is 4.99 Å². The van der Waals surface area contributed by atoms with E-state index in [1.807, 2.05) is 0 Å². The minimum absolute atomic E-state index is 0.694. The van der Waals surface area contributed by atoms with E-state index in [9.17, 15) is 0 Å². The summed E-state index contributed by atoms with van der Waals surface area (Å²) in [5.41, 5.74) is 1.41. The first-order valence-electron chi connectivity index (χ1n) is 5.21. The molecule has 0 aromatic rings. The standard InChI is InChI=1S/C11H19N/c1-5-9-6(2)7(3)10-8(4)12-11(9)10/h6-7,9-11H,5H2,1-4H3/t6?,7?,9-,10-,11?/m1/s1. The summed E-state index contributed by atoms with van der Waals surface area (Å²) in [6.07, 6.45) is 1.31. The average Bonchev–Trinajstić information content (AvgIpc) is 2.20. The van der Waals surface area contributed by atoms with Crippen molar-refractivity contribution >= 4 is 5.71 Å². The van der Waals surface area contributed by atoms with E-state index in [1.165, 1.54) is 12.1 Å². The van der Waals surface area contributed by atoms with E-state index in [0.717, 1.165) is 23.7 Å². The molecule has 1 aliphatic heterocycles. The molecule has 3 unspecified atom stereocenters. The van der Waals surface area contributed by atoms with Crippen LogP contribution >= 0.6 is 0 Å². The molecule has 1 aliphatic carbocycles. The van der Waals surface area contributed by atoms with Crippen LogP contribution in [0.2, 0.25) is 0 Å². The summed E-state index contributed by atoms with van der Waals surface area (Å²) in [4.78, 5) is 4.65. The lowest BCUT2D eigenvalue weighted by Crippen LogP contribution is -2.36. The molecular weight excluding hydrogens is 146 g/mol. The monoisotopic (exact) mass is 165 g/mol. The average molecular weight is 165 g/mol. The molecule has 0 aromatic carbocycles. The summed E-state index contributed by atoms with van der Waals surface area (Å²) in [5.74, 6) is 3.46. The number of aliphatic imine (C=N–C) groups is 1. The molecule has 0 spiro atoms. The van der Waals surface area contributed by atoms with Crippen LogP contribution in [0.5, 0.6) is 0 Å². The molecule has 1 heteroatoms. The van der Waals surface area contributed by atoms with Gasteiger partial charge in [-0.05, 0) is 24.7 Å². The third kappa shape index (κ3) is 0.826. The Bertz CT molecular complexity index is 219. The van der Waals surface area contributed by atoms with Crippen LogP contribution in [0.3, 0.4) is 0 Å². The highest BCUT2D eigenvalue weighted by atomic mass is 14.9. The van der Waals surface area contributed by atoms with Crippen molar-refractivity contribution in [2.75, 3.05) is 0 Å². The van der Waals surface area contributed by atoms with E-state index in [4.69, 9.17) is 0 Å². The maximum absolute atomic E-state index is 4.65. The van der Waals surface area contributed by atoms with Crippen LogP contribution in [0.4, 0.5) is 0 Å². The number of nitrogens with zero attached hydrogens (tertiary/aromatic N) is 1. The van der Waals surface area contributed by atoms with Gasteiger partial charge in [0.25, 0.3) is 0 Å². The van der Waals surface area contributed by atoms with Gasteiger partial charge in [-0.25, -0.2) is 0 Å². The molecule has 1 nitrogen and oxygen atoms in total. The van der Waals surface area contributed by atoms with Gasteiger partial charge in [0.05, 0.1) is 6.04 Å². The topological polar surface area (TPSA) is 12.4 Å². The smallest absolute Gasteiger partial charge is 0.0612 e. The molecule has 1 heterocycles. The predicted molar refractivity (Wildman–Crippen MR) is 52.5 cm³/mol. The van der Waals surface area contributed by atoms with Gasteiger partial charge in [-0.1, -0.05) is 27.2 Å². The second kappa shape index (κ2) is 2.58. The second-order valence-electron chi connectivity index (χ2n) is 4.58. The van der Waals surface area contributed by atoms with E-state index in [-0.39, 0.29) is 0 Å². The van der Waals surface area contributed by atoms with Crippen LogP contribution < -0.4 is 0 Å². The minimum Gasteiger partial charge on any atom is -0.290 e. The van der Waals surface area contributed by atoms with Crippen LogP contribution in [0, 0.1) is 23.7 Å². The second-order valence-corrected chi connectivity index (χ2v) is 4.58. The van der Waals surface area contributed by atoms with E-state index in [2.05, 4.69) is 32.7 Å². The van der Waals surface area contributed by atoms with Crippen molar-refractivity contribution in [1.82, 2.24) is 0 Å². The lowest BCUT2D eigenvalue weighted by molar-refractivity contribution is 0.338. The molecule has 0 amide bonds. The molecule has 68 valence electrons. The fraction of sp³-hybridized carbons (Fsp3) is 0.909. The highest BCUT2D eigenvalue weighted by Gasteiger charge is 2.50. The van der Waals surface area contributed by atoms with E-state index in [1.54, 1.807) is 0 Å². The number of hydrogen-bond acceptors (Lipinski definition) is 1. The Hall–Kier alpha value is -0.330. The Kier molecular flexibility index (Phi) is 1.78. The molecule has 0 aromatic heterocycles. The Labute approximate surface area is 75.3 Å². The van der Waals surface area contributed by atoms with Gasteiger partial charge >= 0.3 is 0 Å². The van der Waals surface area contributed by atoms with Crippen molar-refractivity contribution in [3.63, 3.8) is 0 Å². The van der Waals surface area contributed by atoms with Gasteiger partial charge < -0.3 is 0 Å². The fourth-order valence-corrected chi connectivity index (χ4v) is 3.26. The predicted octanol–water partition coefficient (Wildman–Crippen LogP) is 2.76. The molecule has 0 saturated heterocycles. The zero-order valence-electron chi connectivity index (χ0n) is 8.54. The molecule has 12 heavy (non-hydrogen) atoms. The Morgan fingerprint density at radius 3 is 2.33 bits per heavy atom. The van der Waals surface area contributed by atoms with Crippen molar-refractivity contribution in [3.05, 3.63) is 0 Å².